The van der Waals surface area contributed by atoms with Gasteiger partial charge in [0.15, 0.2) is 0 Å². The second-order valence-electron chi connectivity index (χ2n) is 5.25. The molecule has 7 heteroatoms. The first-order valence-corrected chi connectivity index (χ1v) is 8.89. The standard InChI is InChI=1S/C18H16N2O4S/c1-24-14-7-9-15(10-8-14)25(22,23)20-19-12-17-16-5-3-2-4-13(16)6-11-18(17)21/h2-12,20-21H,1H3/b19-12-. The number of benzene rings is 3. The fraction of sp³-hybridized carbons (Fsp3) is 0.0556. The Balaban J connectivity index is 1.86. The maximum Gasteiger partial charge on any atom is 0.276 e. The molecule has 0 aromatic heterocycles. The summed E-state index contributed by atoms with van der Waals surface area (Å²) in [5, 5.41) is 15.5. The number of hydrogen-bond acceptors (Lipinski definition) is 5. The van der Waals surface area contributed by atoms with Crippen molar-refractivity contribution in [2.75, 3.05) is 7.11 Å². The van der Waals surface area contributed by atoms with Gasteiger partial charge in [-0.3, -0.25) is 0 Å². The molecule has 3 rings (SSSR count). The third-order valence-corrected chi connectivity index (χ3v) is 4.92. The molecule has 6 nitrogen and oxygen atoms in total. The van der Waals surface area contributed by atoms with Crippen LogP contribution in [0.2, 0.25) is 0 Å². The van der Waals surface area contributed by atoms with Crippen molar-refractivity contribution in [3.63, 3.8) is 0 Å². The fourth-order valence-electron chi connectivity index (χ4n) is 2.39. The van der Waals surface area contributed by atoms with Crippen molar-refractivity contribution in [2.24, 2.45) is 5.10 Å². The minimum absolute atomic E-state index is 0.0195. The molecule has 0 heterocycles. The molecule has 3 aromatic carbocycles. The number of fused-ring (bicyclic) bond motifs is 1. The van der Waals surface area contributed by atoms with Gasteiger partial charge in [0, 0.05) is 5.56 Å². The first-order valence-electron chi connectivity index (χ1n) is 7.41. The number of aromatic hydroxyl groups is 1. The van der Waals surface area contributed by atoms with Crippen LogP contribution in [0.15, 0.2) is 70.7 Å². The van der Waals surface area contributed by atoms with Crippen LogP contribution < -0.4 is 9.57 Å². The molecular formula is C18H16N2O4S. The van der Waals surface area contributed by atoms with Crippen molar-refractivity contribution >= 4 is 27.0 Å². The highest BCUT2D eigenvalue weighted by molar-refractivity contribution is 7.89. The third kappa shape index (κ3) is 3.56. The maximum atomic E-state index is 12.2. The summed E-state index contributed by atoms with van der Waals surface area (Å²) in [7, 11) is -2.30. The summed E-state index contributed by atoms with van der Waals surface area (Å²) >= 11 is 0. The predicted molar refractivity (Wildman–Crippen MR) is 96.5 cm³/mol. The zero-order valence-corrected chi connectivity index (χ0v) is 14.2. The van der Waals surface area contributed by atoms with E-state index in [4.69, 9.17) is 4.74 Å². The highest BCUT2D eigenvalue weighted by atomic mass is 32.2. The summed E-state index contributed by atoms with van der Waals surface area (Å²) in [6.07, 6.45) is 1.29. The Labute approximate surface area is 145 Å². The molecule has 0 aliphatic carbocycles. The van der Waals surface area contributed by atoms with E-state index >= 15 is 0 Å². The van der Waals surface area contributed by atoms with Crippen LogP contribution in [-0.2, 0) is 10.0 Å². The molecule has 3 aromatic rings. The first-order chi connectivity index (χ1) is 12.0. The van der Waals surface area contributed by atoms with Crippen LogP contribution in [0.25, 0.3) is 10.8 Å². The number of phenolic OH excluding ortho intramolecular Hbond substituents is 1. The van der Waals surface area contributed by atoms with Gasteiger partial charge in [0.25, 0.3) is 10.0 Å². The molecule has 0 aliphatic rings. The van der Waals surface area contributed by atoms with Crippen molar-refractivity contribution in [1.29, 1.82) is 0 Å². The highest BCUT2D eigenvalue weighted by Crippen LogP contribution is 2.25. The van der Waals surface area contributed by atoms with Crippen molar-refractivity contribution in [1.82, 2.24) is 4.83 Å². The summed E-state index contributed by atoms with van der Waals surface area (Å²) in [5.41, 5.74) is 0.440. The van der Waals surface area contributed by atoms with Crippen molar-refractivity contribution in [3.05, 3.63) is 66.2 Å². The number of sulfonamides is 1. The molecule has 2 N–H and O–H groups in total. The van der Waals surface area contributed by atoms with Gasteiger partial charge in [0.05, 0.1) is 18.2 Å². The monoisotopic (exact) mass is 356 g/mol. The molecule has 0 aliphatic heterocycles. The zero-order chi connectivity index (χ0) is 17.9. The number of phenols is 1. The smallest absolute Gasteiger partial charge is 0.276 e. The highest BCUT2D eigenvalue weighted by Gasteiger charge is 2.13. The Morgan fingerprint density at radius 1 is 1.04 bits per heavy atom. The molecule has 0 amide bonds. The molecule has 25 heavy (non-hydrogen) atoms. The zero-order valence-electron chi connectivity index (χ0n) is 13.4. The Hall–Kier alpha value is -3.06. The number of nitrogens with zero attached hydrogens (tertiary/aromatic N) is 1. The van der Waals surface area contributed by atoms with Crippen molar-refractivity contribution in [3.8, 4) is 11.5 Å². The van der Waals surface area contributed by atoms with Gasteiger partial charge in [-0.2, -0.15) is 13.5 Å². The van der Waals surface area contributed by atoms with Crippen LogP contribution in [0.3, 0.4) is 0 Å². The van der Waals surface area contributed by atoms with Crippen LogP contribution in [0.5, 0.6) is 11.5 Å². The van der Waals surface area contributed by atoms with Gasteiger partial charge in [-0.15, -0.1) is 0 Å². The molecule has 0 saturated heterocycles. The first kappa shape index (κ1) is 16.8. The average Bonchev–Trinajstić information content (AvgIpc) is 2.63. The molecule has 0 fully saturated rings. The quantitative estimate of drug-likeness (QED) is 0.543. The van der Waals surface area contributed by atoms with E-state index in [1.165, 1.54) is 25.5 Å². The van der Waals surface area contributed by atoms with E-state index in [0.29, 0.717) is 11.3 Å². The van der Waals surface area contributed by atoms with E-state index in [-0.39, 0.29) is 10.6 Å². The Kier molecular flexibility index (Phi) is 4.58. The van der Waals surface area contributed by atoms with Gasteiger partial charge in [0.1, 0.15) is 11.5 Å². The van der Waals surface area contributed by atoms with Gasteiger partial charge in [-0.25, -0.2) is 4.83 Å². The third-order valence-electron chi connectivity index (χ3n) is 3.68. The molecule has 0 radical (unpaired) electrons. The summed E-state index contributed by atoms with van der Waals surface area (Å²) in [4.78, 5) is 2.21. The van der Waals surface area contributed by atoms with Crippen LogP contribution in [0, 0.1) is 0 Å². The lowest BCUT2D eigenvalue weighted by molar-refractivity contribution is 0.414. The Morgan fingerprint density at radius 2 is 1.76 bits per heavy atom. The second kappa shape index (κ2) is 6.82. The number of hydrazone groups is 1. The van der Waals surface area contributed by atoms with Gasteiger partial charge in [-0.1, -0.05) is 30.3 Å². The van der Waals surface area contributed by atoms with E-state index in [1.54, 1.807) is 24.3 Å². The lowest BCUT2D eigenvalue weighted by Crippen LogP contribution is -2.18. The number of methoxy groups -OCH3 is 1. The maximum absolute atomic E-state index is 12.2. The average molecular weight is 356 g/mol. The molecule has 0 bridgehead atoms. The molecule has 0 saturated carbocycles. The van der Waals surface area contributed by atoms with Crippen LogP contribution in [-0.4, -0.2) is 26.8 Å². The number of nitrogens with one attached hydrogen (secondary N) is 1. The largest absolute Gasteiger partial charge is 0.507 e. The minimum atomic E-state index is -3.81. The topological polar surface area (TPSA) is 88.0 Å². The van der Waals surface area contributed by atoms with E-state index in [9.17, 15) is 13.5 Å². The van der Waals surface area contributed by atoms with E-state index in [1.807, 2.05) is 24.3 Å². The number of ether oxygens (including phenoxy) is 1. The SMILES string of the molecule is COc1ccc(S(=O)(=O)N/N=C\c2c(O)ccc3ccccc23)cc1. The van der Waals surface area contributed by atoms with Crippen LogP contribution in [0.4, 0.5) is 0 Å². The molecule has 0 atom stereocenters. The lowest BCUT2D eigenvalue weighted by atomic mass is 10.0. The van der Waals surface area contributed by atoms with Crippen LogP contribution >= 0.6 is 0 Å². The van der Waals surface area contributed by atoms with Gasteiger partial charge >= 0.3 is 0 Å². The van der Waals surface area contributed by atoms with Gasteiger partial charge in [0.2, 0.25) is 0 Å². The van der Waals surface area contributed by atoms with Crippen LogP contribution in [0.1, 0.15) is 5.56 Å². The van der Waals surface area contributed by atoms with E-state index in [0.717, 1.165) is 10.8 Å². The minimum Gasteiger partial charge on any atom is -0.507 e. The second-order valence-corrected chi connectivity index (χ2v) is 6.91. The Bertz CT molecular complexity index is 1030. The predicted octanol–water partition coefficient (Wildman–Crippen LogP) is 2.87. The summed E-state index contributed by atoms with van der Waals surface area (Å²) < 4.78 is 29.5. The molecular weight excluding hydrogens is 340 g/mol. The lowest BCUT2D eigenvalue weighted by Gasteiger charge is -2.06. The van der Waals surface area contributed by atoms with E-state index in [2.05, 4.69) is 9.93 Å². The van der Waals surface area contributed by atoms with E-state index < -0.39 is 10.0 Å². The summed E-state index contributed by atoms with van der Waals surface area (Å²) in [6, 6.07) is 16.7. The summed E-state index contributed by atoms with van der Waals surface area (Å²) in [6.45, 7) is 0. The van der Waals surface area contributed by atoms with Crippen molar-refractivity contribution < 1.29 is 18.3 Å². The summed E-state index contributed by atoms with van der Waals surface area (Å²) in [5.74, 6) is 0.578. The molecule has 128 valence electrons. The molecule has 0 unspecified atom stereocenters. The van der Waals surface area contributed by atoms with Crippen molar-refractivity contribution in [2.45, 2.75) is 4.90 Å². The number of rotatable bonds is 5. The number of hydrogen-bond donors (Lipinski definition) is 2. The normalized spacial score (nSPS) is 11.7. The Morgan fingerprint density at radius 3 is 2.48 bits per heavy atom. The van der Waals surface area contributed by atoms with Gasteiger partial charge < -0.3 is 9.84 Å². The molecule has 0 spiro atoms. The van der Waals surface area contributed by atoms with Gasteiger partial charge in [-0.05, 0) is 41.1 Å². The fourth-order valence-corrected chi connectivity index (χ4v) is 3.18.